The Balaban J connectivity index is 2.22. The zero-order valence-corrected chi connectivity index (χ0v) is 12.4. The van der Waals surface area contributed by atoms with Crippen molar-refractivity contribution in [2.45, 2.75) is 19.9 Å². The summed E-state index contributed by atoms with van der Waals surface area (Å²) in [6.45, 7) is 3.80. The minimum atomic E-state index is -1.08. The van der Waals surface area contributed by atoms with E-state index in [-0.39, 0.29) is 11.7 Å². The number of aryl methyl sites for hydroxylation is 1. The molecule has 0 aliphatic heterocycles. The van der Waals surface area contributed by atoms with Gasteiger partial charge in [-0.25, -0.2) is 9.59 Å². The lowest BCUT2D eigenvalue weighted by Gasteiger charge is -2.07. The zero-order chi connectivity index (χ0) is 16.0. The van der Waals surface area contributed by atoms with E-state index in [0.29, 0.717) is 16.8 Å². The van der Waals surface area contributed by atoms with Crippen LogP contribution >= 0.6 is 0 Å². The van der Waals surface area contributed by atoms with Gasteiger partial charge in [0.25, 0.3) is 0 Å². The zero-order valence-electron chi connectivity index (χ0n) is 12.4. The van der Waals surface area contributed by atoms with Gasteiger partial charge in [0.05, 0.1) is 11.2 Å². The lowest BCUT2D eigenvalue weighted by Crippen LogP contribution is -2.15. The van der Waals surface area contributed by atoms with E-state index in [1.165, 1.54) is 10.7 Å². The van der Waals surface area contributed by atoms with Crippen LogP contribution in [0.3, 0.4) is 0 Å². The van der Waals surface area contributed by atoms with Crippen LogP contribution in [0.1, 0.15) is 30.4 Å². The van der Waals surface area contributed by atoms with E-state index in [1.807, 2.05) is 19.9 Å². The number of carbonyl (C=O) groups is 1. The van der Waals surface area contributed by atoms with Gasteiger partial charge in [-0.15, -0.1) is 0 Å². The monoisotopic (exact) mass is 301 g/mol. The highest BCUT2D eigenvalue weighted by Crippen LogP contribution is 2.25. The number of carboxylic acids is 1. The van der Waals surface area contributed by atoms with E-state index in [1.54, 1.807) is 23.7 Å². The number of carboxylic acid groups (broad SMARTS) is 1. The molecule has 2 aromatic heterocycles. The molecule has 0 bridgehead atoms. The van der Waals surface area contributed by atoms with Gasteiger partial charge in [-0.1, -0.05) is 0 Å². The maximum atomic E-state index is 11.9. The molecule has 0 radical (unpaired) electrons. The summed E-state index contributed by atoms with van der Waals surface area (Å²) in [6.07, 6.45) is 0. The van der Waals surface area contributed by atoms with Crippen molar-refractivity contribution in [2.75, 3.05) is 0 Å². The van der Waals surface area contributed by atoms with E-state index < -0.39 is 11.7 Å². The standard InChI is InChI=1S/C15H15N3O4/c1-8(2)18-12-6-9(4-5-13(12)22-15(18)21)11-7-10(14(19)20)16-17(11)3/h4-8H,1-3H3,(H,19,20). The Hall–Kier alpha value is -2.83. The molecule has 0 saturated heterocycles. The first-order chi connectivity index (χ1) is 10.4. The molecular formula is C15H15N3O4. The van der Waals surface area contributed by atoms with Gasteiger partial charge in [0, 0.05) is 18.7 Å². The van der Waals surface area contributed by atoms with Gasteiger partial charge in [0.15, 0.2) is 11.3 Å². The van der Waals surface area contributed by atoms with Gasteiger partial charge < -0.3 is 9.52 Å². The summed E-state index contributed by atoms with van der Waals surface area (Å²) in [6, 6.07) is 6.76. The molecule has 7 heteroatoms. The Labute approximate surface area is 125 Å². The fraction of sp³-hybridized carbons (Fsp3) is 0.267. The fourth-order valence-corrected chi connectivity index (χ4v) is 2.52. The van der Waals surface area contributed by atoms with Gasteiger partial charge in [-0.3, -0.25) is 9.25 Å². The minimum Gasteiger partial charge on any atom is -0.476 e. The second-order valence-corrected chi connectivity index (χ2v) is 5.36. The highest BCUT2D eigenvalue weighted by Gasteiger charge is 2.16. The third-order valence-corrected chi connectivity index (χ3v) is 3.52. The molecule has 0 spiro atoms. The fourth-order valence-electron chi connectivity index (χ4n) is 2.52. The van der Waals surface area contributed by atoms with Crippen molar-refractivity contribution in [3.8, 4) is 11.3 Å². The second-order valence-electron chi connectivity index (χ2n) is 5.36. The third kappa shape index (κ3) is 2.11. The smallest absolute Gasteiger partial charge is 0.420 e. The summed E-state index contributed by atoms with van der Waals surface area (Å²) < 4.78 is 8.28. The predicted molar refractivity (Wildman–Crippen MR) is 80.0 cm³/mol. The molecule has 0 saturated carbocycles. The van der Waals surface area contributed by atoms with E-state index in [0.717, 1.165) is 5.56 Å². The number of aromatic carboxylic acids is 1. The van der Waals surface area contributed by atoms with Crippen LogP contribution in [0.5, 0.6) is 0 Å². The minimum absolute atomic E-state index is 0.0222. The van der Waals surface area contributed by atoms with Crippen LogP contribution in [-0.4, -0.2) is 25.4 Å². The lowest BCUT2D eigenvalue weighted by molar-refractivity contribution is 0.0689. The second kappa shape index (κ2) is 4.87. The Morgan fingerprint density at radius 1 is 1.32 bits per heavy atom. The SMILES string of the molecule is CC(C)n1c(=O)oc2ccc(-c3cc(C(=O)O)nn3C)cc21. The molecule has 7 nitrogen and oxygen atoms in total. The maximum Gasteiger partial charge on any atom is 0.420 e. The van der Waals surface area contributed by atoms with Gasteiger partial charge in [-0.2, -0.15) is 5.10 Å². The molecule has 0 amide bonds. The van der Waals surface area contributed by atoms with Crippen LogP contribution in [0.25, 0.3) is 22.4 Å². The van der Waals surface area contributed by atoms with E-state index in [2.05, 4.69) is 5.10 Å². The number of hydrogen-bond donors (Lipinski definition) is 1. The molecule has 2 heterocycles. The van der Waals surface area contributed by atoms with Crippen molar-refractivity contribution in [2.24, 2.45) is 7.05 Å². The number of hydrogen-bond acceptors (Lipinski definition) is 4. The Bertz CT molecular complexity index is 930. The van der Waals surface area contributed by atoms with Gasteiger partial charge in [0.2, 0.25) is 0 Å². The molecule has 0 aliphatic carbocycles. The normalized spacial score (nSPS) is 11.5. The van der Waals surface area contributed by atoms with Gasteiger partial charge in [-0.05, 0) is 38.1 Å². The molecule has 3 rings (SSSR count). The number of nitrogens with zero attached hydrogens (tertiary/aromatic N) is 3. The summed E-state index contributed by atoms with van der Waals surface area (Å²) in [5.41, 5.74) is 2.58. The number of benzene rings is 1. The predicted octanol–water partition coefficient (Wildman–Crippen LogP) is 2.27. The molecule has 22 heavy (non-hydrogen) atoms. The van der Waals surface area contributed by atoms with Crippen LogP contribution in [0.2, 0.25) is 0 Å². The number of fused-ring (bicyclic) bond motifs is 1. The molecule has 3 aromatic rings. The van der Waals surface area contributed by atoms with Gasteiger partial charge in [0.1, 0.15) is 0 Å². The molecule has 0 unspecified atom stereocenters. The van der Waals surface area contributed by atoms with Crippen molar-refractivity contribution in [3.05, 3.63) is 40.5 Å². The first-order valence-corrected chi connectivity index (χ1v) is 6.81. The topological polar surface area (TPSA) is 90.3 Å². The molecule has 114 valence electrons. The van der Waals surface area contributed by atoms with Crippen LogP contribution in [0, 0.1) is 0 Å². The summed E-state index contributed by atoms with van der Waals surface area (Å²) in [7, 11) is 1.68. The summed E-state index contributed by atoms with van der Waals surface area (Å²) in [4.78, 5) is 22.9. The van der Waals surface area contributed by atoms with E-state index in [9.17, 15) is 9.59 Å². The first kappa shape index (κ1) is 14.1. The van der Waals surface area contributed by atoms with Crippen LogP contribution in [0.15, 0.2) is 33.5 Å². The van der Waals surface area contributed by atoms with Crippen molar-refractivity contribution in [1.82, 2.24) is 14.3 Å². The van der Waals surface area contributed by atoms with Gasteiger partial charge >= 0.3 is 11.7 Å². The van der Waals surface area contributed by atoms with Crippen molar-refractivity contribution in [3.63, 3.8) is 0 Å². The molecule has 0 aliphatic rings. The van der Waals surface area contributed by atoms with Crippen LogP contribution in [0.4, 0.5) is 0 Å². The third-order valence-electron chi connectivity index (χ3n) is 3.52. The average Bonchev–Trinajstić information content (AvgIpc) is 2.97. The number of oxazole rings is 1. The summed E-state index contributed by atoms with van der Waals surface area (Å²) in [5, 5.41) is 13.0. The first-order valence-electron chi connectivity index (χ1n) is 6.81. The average molecular weight is 301 g/mol. The Kier molecular flexibility index (Phi) is 3.13. The lowest BCUT2D eigenvalue weighted by atomic mass is 10.1. The highest BCUT2D eigenvalue weighted by molar-refractivity contribution is 5.88. The summed E-state index contributed by atoms with van der Waals surface area (Å²) in [5.74, 6) is -1.48. The molecule has 0 fully saturated rings. The molecule has 1 aromatic carbocycles. The molecular weight excluding hydrogens is 286 g/mol. The highest BCUT2D eigenvalue weighted by atomic mass is 16.4. The van der Waals surface area contributed by atoms with E-state index >= 15 is 0 Å². The van der Waals surface area contributed by atoms with E-state index in [4.69, 9.17) is 9.52 Å². The molecule has 1 N–H and O–H groups in total. The largest absolute Gasteiger partial charge is 0.476 e. The quantitative estimate of drug-likeness (QED) is 0.801. The number of rotatable bonds is 3. The van der Waals surface area contributed by atoms with Crippen molar-refractivity contribution >= 4 is 17.1 Å². The van der Waals surface area contributed by atoms with Crippen molar-refractivity contribution in [1.29, 1.82) is 0 Å². The summed E-state index contributed by atoms with van der Waals surface area (Å²) >= 11 is 0. The van der Waals surface area contributed by atoms with Crippen LogP contribution < -0.4 is 5.76 Å². The Morgan fingerprint density at radius 2 is 2.05 bits per heavy atom. The Morgan fingerprint density at radius 3 is 2.64 bits per heavy atom. The molecule has 0 atom stereocenters. The van der Waals surface area contributed by atoms with Crippen LogP contribution in [-0.2, 0) is 7.05 Å². The maximum absolute atomic E-state index is 11.9. The number of aromatic nitrogens is 3. The van der Waals surface area contributed by atoms with Crippen molar-refractivity contribution < 1.29 is 14.3 Å².